The van der Waals surface area contributed by atoms with Crippen LogP contribution in [0, 0.1) is 11.8 Å². The topological polar surface area (TPSA) is 57.5 Å². The van der Waals surface area contributed by atoms with Crippen LogP contribution < -0.4 is 0 Å². The van der Waals surface area contributed by atoms with E-state index >= 15 is 0 Å². The van der Waals surface area contributed by atoms with Crippen LogP contribution in [-0.2, 0) is 4.79 Å². The van der Waals surface area contributed by atoms with Gasteiger partial charge in [0, 0.05) is 6.42 Å². The van der Waals surface area contributed by atoms with Crippen LogP contribution in [0.2, 0.25) is 0 Å². The Morgan fingerprint density at radius 1 is 1.10 bits per heavy atom. The molecular formula is C18H32O3. The second-order valence-corrected chi connectivity index (χ2v) is 6.38. The zero-order valence-corrected chi connectivity index (χ0v) is 13.5. The van der Waals surface area contributed by atoms with Crippen molar-refractivity contribution in [2.75, 3.05) is 0 Å². The largest absolute Gasteiger partial charge is 0.481 e. The molecule has 0 aliphatic heterocycles. The first kappa shape index (κ1) is 18.2. The summed E-state index contributed by atoms with van der Waals surface area (Å²) in [6.07, 6.45) is 15.5. The van der Waals surface area contributed by atoms with Gasteiger partial charge in [0.15, 0.2) is 0 Å². The molecule has 0 radical (unpaired) electrons. The van der Waals surface area contributed by atoms with Gasteiger partial charge >= 0.3 is 5.97 Å². The fraction of sp³-hybridized carbons (Fsp3) is 0.833. The van der Waals surface area contributed by atoms with E-state index in [0.29, 0.717) is 18.3 Å². The highest BCUT2D eigenvalue weighted by atomic mass is 16.4. The van der Waals surface area contributed by atoms with Crippen LogP contribution in [0.4, 0.5) is 0 Å². The molecule has 1 fully saturated rings. The number of unbranched alkanes of at least 4 members (excludes halogenated alkanes) is 4. The molecule has 3 nitrogen and oxygen atoms in total. The molecule has 0 aromatic rings. The number of allylic oxidation sites excluding steroid dienone is 2. The molecule has 1 rings (SSSR count). The average molecular weight is 296 g/mol. The van der Waals surface area contributed by atoms with Gasteiger partial charge in [-0.1, -0.05) is 51.2 Å². The van der Waals surface area contributed by atoms with Gasteiger partial charge in [-0.25, -0.2) is 0 Å². The van der Waals surface area contributed by atoms with Crippen molar-refractivity contribution in [1.29, 1.82) is 0 Å². The summed E-state index contributed by atoms with van der Waals surface area (Å²) in [7, 11) is 0. The number of aliphatic carboxylic acids is 1. The molecule has 0 bridgehead atoms. The van der Waals surface area contributed by atoms with Crippen molar-refractivity contribution in [2.24, 2.45) is 11.8 Å². The van der Waals surface area contributed by atoms with Crippen molar-refractivity contribution in [3.05, 3.63) is 12.2 Å². The first-order valence-corrected chi connectivity index (χ1v) is 8.70. The lowest BCUT2D eigenvalue weighted by molar-refractivity contribution is -0.137. The van der Waals surface area contributed by atoms with Gasteiger partial charge in [0.1, 0.15) is 0 Å². The molecule has 122 valence electrons. The smallest absolute Gasteiger partial charge is 0.303 e. The van der Waals surface area contributed by atoms with E-state index in [4.69, 9.17) is 5.11 Å². The Hall–Kier alpha value is -0.830. The maximum atomic E-state index is 10.4. The number of aliphatic hydroxyl groups excluding tert-OH is 1. The lowest BCUT2D eigenvalue weighted by atomic mass is 9.87. The van der Waals surface area contributed by atoms with E-state index in [0.717, 1.165) is 38.5 Å². The van der Waals surface area contributed by atoms with Gasteiger partial charge in [0.05, 0.1) is 6.10 Å². The summed E-state index contributed by atoms with van der Waals surface area (Å²) in [5.41, 5.74) is 0. The van der Waals surface area contributed by atoms with Gasteiger partial charge in [-0.3, -0.25) is 4.79 Å². The Kier molecular flexibility index (Phi) is 9.40. The van der Waals surface area contributed by atoms with Crippen LogP contribution in [0.5, 0.6) is 0 Å². The van der Waals surface area contributed by atoms with Gasteiger partial charge in [0.2, 0.25) is 0 Å². The molecule has 0 aromatic carbocycles. The molecule has 3 unspecified atom stereocenters. The van der Waals surface area contributed by atoms with Gasteiger partial charge < -0.3 is 10.2 Å². The number of rotatable bonds is 11. The average Bonchev–Trinajstić information content (AvgIpc) is 2.79. The summed E-state index contributed by atoms with van der Waals surface area (Å²) in [4.78, 5) is 10.4. The van der Waals surface area contributed by atoms with Gasteiger partial charge in [0.25, 0.3) is 0 Å². The van der Waals surface area contributed by atoms with E-state index in [1.165, 1.54) is 25.7 Å². The van der Waals surface area contributed by atoms with Crippen LogP contribution in [0.1, 0.15) is 77.6 Å². The molecule has 0 saturated heterocycles. The van der Waals surface area contributed by atoms with Gasteiger partial charge in [-0.05, 0) is 43.9 Å². The zero-order valence-electron chi connectivity index (χ0n) is 13.5. The van der Waals surface area contributed by atoms with Crippen LogP contribution in [-0.4, -0.2) is 22.3 Å². The summed E-state index contributed by atoms with van der Waals surface area (Å²) in [6.45, 7) is 2.14. The summed E-state index contributed by atoms with van der Waals surface area (Å²) in [5, 5.41) is 18.7. The Morgan fingerprint density at radius 2 is 1.81 bits per heavy atom. The van der Waals surface area contributed by atoms with E-state index in [-0.39, 0.29) is 6.10 Å². The van der Waals surface area contributed by atoms with E-state index < -0.39 is 5.97 Å². The minimum Gasteiger partial charge on any atom is -0.481 e. The number of carboxylic acids is 1. The van der Waals surface area contributed by atoms with Crippen molar-refractivity contribution in [3.8, 4) is 0 Å². The second-order valence-electron chi connectivity index (χ2n) is 6.38. The van der Waals surface area contributed by atoms with Crippen LogP contribution in [0.15, 0.2) is 12.2 Å². The van der Waals surface area contributed by atoms with Crippen molar-refractivity contribution >= 4 is 5.97 Å². The Balaban J connectivity index is 2.12. The molecule has 1 aliphatic carbocycles. The molecule has 21 heavy (non-hydrogen) atoms. The third-order valence-corrected chi connectivity index (χ3v) is 4.71. The first-order valence-electron chi connectivity index (χ1n) is 8.70. The van der Waals surface area contributed by atoms with E-state index in [1.54, 1.807) is 0 Å². The van der Waals surface area contributed by atoms with E-state index in [2.05, 4.69) is 19.1 Å². The molecular weight excluding hydrogens is 264 g/mol. The fourth-order valence-corrected chi connectivity index (χ4v) is 3.47. The molecule has 1 aliphatic rings. The molecule has 3 atom stereocenters. The number of hydrogen-bond donors (Lipinski definition) is 2. The standard InChI is InChI=1S/C18H32O3/c1-2-3-7-11-16-15(13-14-17(16)19)10-8-5-4-6-9-12-18(20)21/h3,7,15-17,19H,2,4-6,8-14H2,1H3,(H,20,21). The summed E-state index contributed by atoms with van der Waals surface area (Å²) < 4.78 is 0. The monoisotopic (exact) mass is 296 g/mol. The van der Waals surface area contributed by atoms with E-state index in [9.17, 15) is 9.90 Å². The van der Waals surface area contributed by atoms with Crippen LogP contribution >= 0.6 is 0 Å². The Morgan fingerprint density at radius 3 is 2.52 bits per heavy atom. The highest BCUT2D eigenvalue weighted by molar-refractivity contribution is 5.66. The normalized spacial score (nSPS) is 25.7. The lowest BCUT2D eigenvalue weighted by Gasteiger charge is -2.20. The van der Waals surface area contributed by atoms with Crippen LogP contribution in [0.3, 0.4) is 0 Å². The van der Waals surface area contributed by atoms with Crippen molar-refractivity contribution < 1.29 is 15.0 Å². The number of carbonyl (C=O) groups is 1. The molecule has 0 aromatic heterocycles. The number of carboxylic acid groups (broad SMARTS) is 1. The highest BCUT2D eigenvalue weighted by Crippen LogP contribution is 2.38. The summed E-state index contributed by atoms with van der Waals surface area (Å²) >= 11 is 0. The molecule has 3 heteroatoms. The molecule has 2 N–H and O–H groups in total. The fourth-order valence-electron chi connectivity index (χ4n) is 3.47. The van der Waals surface area contributed by atoms with Crippen LogP contribution in [0.25, 0.3) is 0 Å². The first-order chi connectivity index (χ1) is 10.1. The van der Waals surface area contributed by atoms with Crippen molar-refractivity contribution in [2.45, 2.75) is 83.7 Å². The van der Waals surface area contributed by atoms with E-state index in [1.807, 2.05) is 0 Å². The maximum Gasteiger partial charge on any atom is 0.303 e. The number of hydrogen-bond acceptors (Lipinski definition) is 2. The summed E-state index contributed by atoms with van der Waals surface area (Å²) in [6, 6.07) is 0. The lowest BCUT2D eigenvalue weighted by Crippen LogP contribution is -2.18. The predicted molar refractivity (Wildman–Crippen MR) is 86.2 cm³/mol. The molecule has 0 spiro atoms. The summed E-state index contributed by atoms with van der Waals surface area (Å²) in [5.74, 6) is 0.457. The number of aliphatic hydroxyl groups is 1. The second kappa shape index (κ2) is 10.8. The quantitative estimate of drug-likeness (QED) is 0.434. The van der Waals surface area contributed by atoms with Crippen molar-refractivity contribution in [1.82, 2.24) is 0 Å². The SMILES string of the molecule is CCC=CCC1C(O)CCC1CCCCCCCC(=O)O. The Bertz CT molecular complexity index is 312. The van der Waals surface area contributed by atoms with Crippen molar-refractivity contribution in [3.63, 3.8) is 0 Å². The minimum atomic E-state index is -0.682. The molecule has 0 heterocycles. The molecule has 0 amide bonds. The highest BCUT2D eigenvalue weighted by Gasteiger charge is 2.33. The zero-order chi connectivity index (χ0) is 15.5. The van der Waals surface area contributed by atoms with Gasteiger partial charge in [-0.15, -0.1) is 0 Å². The van der Waals surface area contributed by atoms with Gasteiger partial charge in [-0.2, -0.15) is 0 Å². The molecule has 1 saturated carbocycles. The third-order valence-electron chi connectivity index (χ3n) is 4.71. The predicted octanol–water partition coefficient (Wildman–Crippen LogP) is 4.55. The maximum absolute atomic E-state index is 10.4. The Labute approximate surface area is 129 Å². The third kappa shape index (κ3) is 7.66. The minimum absolute atomic E-state index is 0.105.